The first kappa shape index (κ1) is 14.5. The smallest absolute Gasteiger partial charge is 0.0705 e. The van der Waals surface area contributed by atoms with E-state index in [1.807, 2.05) is 18.3 Å². The number of hydrogen-bond donors (Lipinski definition) is 0. The maximum atomic E-state index is 8.80. The van der Waals surface area contributed by atoms with Crippen molar-refractivity contribution in [3.8, 4) is 6.07 Å². The van der Waals surface area contributed by atoms with E-state index < -0.39 is 0 Å². The third kappa shape index (κ3) is 3.79. The van der Waals surface area contributed by atoms with E-state index in [1.54, 1.807) is 0 Å². The highest BCUT2D eigenvalue weighted by Gasteiger charge is 2.10. The molecule has 0 saturated heterocycles. The summed E-state index contributed by atoms with van der Waals surface area (Å²) < 4.78 is 0. The molecular formula is C17H21N3. The molecular weight excluding hydrogens is 246 g/mol. The molecule has 1 aromatic carbocycles. The van der Waals surface area contributed by atoms with Gasteiger partial charge in [-0.1, -0.05) is 32.0 Å². The number of nitrogens with zero attached hydrogens (tertiary/aromatic N) is 3. The van der Waals surface area contributed by atoms with Crippen molar-refractivity contribution in [1.29, 1.82) is 5.26 Å². The van der Waals surface area contributed by atoms with E-state index >= 15 is 0 Å². The van der Waals surface area contributed by atoms with Crippen molar-refractivity contribution in [2.75, 3.05) is 13.1 Å². The lowest BCUT2D eigenvalue weighted by molar-refractivity contribution is 0.242. The van der Waals surface area contributed by atoms with Crippen LogP contribution in [-0.2, 0) is 6.54 Å². The summed E-state index contributed by atoms with van der Waals surface area (Å²) in [5.74, 6) is 0.599. The number of para-hydroxylation sites is 1. The Morgan fingerprint density at radius 1 is 1.25 bits per heavy atom. The standard InChI is InChI=1S/C17H21N3/c1-14(2)12-20(11-5-9-18)13-15-8-10-19-17-7-4-3-6-16(15)17/h3-4,6-8,10,14H,5,11-13H2,1-2H3. The molecule has 0 N–H and O–H groups in total. The van der Waals surface area contributed by atoms with E-state index in [-0.39, 0.29) is 0 Å². The Hall–Kier alpha value is -1.92. The van der Waals surface area contributed by atoms with Crippen molar-refractivity contribution in [2.45, 2.75) is 26.8 Å². The summed E-state index contributed by atoms with van der Waals surface area (Å²) in [4.78, 5) is 6.76. The van der Waals surface area contributed by atoms with E-state index in [2.05, 4.69) is 48.0 Å². The van der Waals surface area contributed by atoms with Crippen LogP contribution < -0.4 is 0 Å². The molecule has 0 fully saturated rings. The van der Waals surface area contributed by atoms with Crippen LogP contribution in [0.25, 0.3) is 10.9 Å². The van der Waals surface area contributed by atoms with E-state index in [9.17, 15) is 0 Å². The number of aromatic nitrogens is 1. The Bertz CT molecular complexity index is 593. The van der Waals surface area contributed by atoms with Gasteiger partial charge >= 0.3 is 0 Å². The van der Waals surface area contributed by atoms with Crippen molar-refractivity contribution < 1.29 is 0 Å². The molecule has 0 amide bonds. The molecule has 0 aliphatic rings. The predicted octanol–water partition coefficient (Wildman–Crippen LogP) is 3.61. The molecule has 2 aromatic rings. The van der Waals surface area contributed by atoms with Crippen LogP contribution in [-0.4, -0.2) is 23.0 Å². The minimum absolute atomic E-state index is 0.579. The van der Waals surface area contributed by atoms with Gasteiger partial charge in [-0.2, -0.15) is 5.26 Å². The Balaban J connectivity index is 2.21. The highest BCUT2D eigenvalue weighted by Crippen LogP contribution is 2.18. The summed E-state index contributed by atoms with van der Waals surface area (Å²) in [6.07, 6.45) is 2.45. The molecule has 0 bridgehead atoms. The predicted molar refractivity (Wildman–Crippen MR) is 82.1 cm³/mol. The number of rotatable bonds is 6. The fourth-order valence-electron chi connectivity index (χ4n) is 2.49. The van der Waals surface area contributed by atoms with Crippen molar-refractivity contribution in [1.82, 2.24) is 9.88 Å². The Morgan fingerprint density at radius 3 is 2.80 bits per heavy atom. The molecule has 104 valence electrons. The molecule has 20 heavy (non-hydrogen) atoms. The molecule has 1 aromatic heterocycles. The summed E-state index contributed by atoms with van der Waals surface area (Å²) in [6.45, 7) is 7.14. The molecule has 3 heteroatoms. The van der Waals surface area contributed by atoms with E-state index in [0.29, 0.717) is 12.3 Å². The van der Waals surface area contributed by atoms with Crippen LogP contribution in [0.2, 0.25) is 0 Å². The zero-order chi connectivity index (χ0) is 14.4. The first-order valence-electron chi connectivity index (χ1n) is 7.12. The van der Waals surface area contributed by atoms with Gasteiger partial charge in [0.15, 0.2) is 0 Å². The Kier molecular flexibility index (Phi) is 5.09. The van der Waals surface area contributed by atoms with Gasteiger partial charge in [-0.05, 0) is 23.6 Å². The Morgan fingerprint density at radius 2 is 2.05 bits per heavy atom. The summed E-state index contributed by atoms with van der Waals surface area (Å²) >= 11 is 0. The number of nitriles is 1. The zero-order valence-electron chi connectivity index (χ0n) is 12.2. The van der Waals surface area contributed by atoms with Crippen LogP contribution in [0.5, 0.6) is 0 Å². The highest BCUT2D eigenvalue weighted by molar-refractivity contribution is 5.81. The second kappa shape index (κ2) is 7.02. The third-order valence-electron chi connectivity index (χ3n) is 3.30. The first-order valence-corrected chi connectivity index (χ1v) is 7.12. The molecule has 0 radical (unpaired) electrons. The van der Waals surface area contributed by atoms with Crippen molar-refractivity contribution in [2.24, 2.45) is 5.92 Å². The van der Waals surface area contributed by atoms with E-state index in [4.69, 9.17) is 5.26 Å². The fraction of sp³-hybridized carbons (Fsp3) is 0.412. The monoisotopic (exact) mass is 267 g/mol. The van der Waals surface area contributed by atoms with Crippen LogP contribution in [0.15, 0.2) is 36.5 Å². The largest absolute Gasteiger partial charge is 0.298 e. The fourth-order valence-corrected chi connectivity index (χ4v) is 2.49. The average molecular weight is 267 g/mol. The maximum absolute atomic E-state index is 8.80. The molecule has 0 saturated carbocycles. The van der Waals surface area contributed by atoms with Gasteiger partial charge in [0.2, 0.25) is 0 Å². The van der Waals surface area contributed by atoms with Gasteiger partial charge < -0.3 is 0 Å². The summed E-state index contributed by atoms with van der Waals surface area (Å²) in [5.41, 5.74) is 2.32. The van der Waals surface area contributed by atoms with Crippen LogP contribution in [0, 0.1) is 17.2 Å². The van der Waals surface area contributed by atoms with Gasteiger partial charge in [0, 0.05) is 37.6 Å². The number of pyridine rings is 1. The van der Waals surface area contributed by atoms with Crippen LogP contribution in [0.4, 0.5) is 0 Å². The van der Waals surface area contributed by atoms with Crippen LogP contribution >= 0.6 is 0 Å². The molecule has 3 nitrogen and oxygen atoms in total. The SMILES string of the molecule is CC(C)CN(CCC#N)Cc1ccnc2ccccc12. The number of hydrogen-bond acceptors (Lipinski definition) is 3. The molecule has 0 aliphatic carbocycles. The summed E-state index contributed by atoms with van der Waals surface area (Å²) in [6, 6.07) is 12.6. The van der Waals surface area contributed by atoms with E-state index in [0.717, 1.165) is 25.2 Å². The van der Waals surface area contributed by atoms with Gasteiger partial charge in [0.25, 0.3) is 0 Å². The maximum Gasteiger partial charge on any atom is 0.0705 e. The van der Waals surface area contributed by atoms with Crippen molar-refractivity contribution in [3.05, 3.63) is 42.1 Å². The molecule has 0 aliphatic heterocycles. The summed E-state index contributed by atoms with van der Waals surface area (Å²) in [5, 5.41) is 10.0. The molecule has 0 unspecified atom stereocenters. The Labute approximate surface area is 120 Å². The summed E-state index contributed by atoms with van der Waals surface area (Å²) in [7, 11) is 0. The second-order valence-corrected chi connectivity index (χ2v) is 5.52. The van der Waals surface area contributed by atoms with Gasteiger partial charge in [-0.3, -0.25) is 9.88 Å². The first-order chi connectivity index (χ1) is 9.70. The number of fused-ring (bicyclic) bond motifs is 1. The van der Waals surface area contributed by atoms with E-state index in [1.165, 1.54) is 10.9 Å². The topological polar surface area (TPSA) is 39.9 Å². The lowest BCUT2D eigenvalue weighted by atomic mass is 10.1. The van der Waals surface area contributed by atoms with Crippen molar-refractivity contribution in [3.63, 3.8) is 0 Å². The van der Waals surface area contributed by atoms with Crippen LogP contribution in [0.1, 0.15) is 25.8 Å². The number of benzene rings is 1. The zero-order valence-corrected chi connectivity index (χ0v) is 12.2. The molecule has 1 heterocycles. The lowest BCUT2D eigenvalue weighted by Crippen LogP contribution is -2.28. The van der Waals surface area contributed by atoms with Gasteiger partial charge in [-0.15, -0.1) is 0 Å². The minimum atomic E-state index is 0.579. The average Bonchev–Trinajstić information content (AvgIpc) is 2.44. The molecule has 0 spiro atoms. The lowest BCUT2D eigenvalue weighted by Gasteiger charge is -2.23. The van der Waals surface area contributed by atoms with Gasteiger partial charge in [0.1, 0.15) is 0 Å². The highest BCUT2D eigenvalue weighted by atomic mass is 15.1. The van der Waals surface area contributed by atoms with Crippen molar-refractivity contribution >= 4 is 10.9 Å². The van der Waals surface area contributed by atoms with Crippen LogP contribution in [0.3, 0.4) is 0 Å². The van der Waals surface area contributed by atoms with Gasteiger partial charge in [-0.25, -0.2) is 0 Å². The normalized spacial score (nSPS) is 11.2. The quantitative estimate of drug-likeness (QED) is 0.802. The third-order valence-corrected chi connectivity index (χ3v) is 3.30. The minimum Gasteiger partial charge on any atom is -0.298 e. The molecule has 0 atom stereocenters. The second-order valence-electron chi connectivity index (χ2n) is 5.52. The molecule has 2 rings (SSSR count). The van der Waals surface area contributed by atoms with Gasteiger partial charge in [0.05, 0.1) is 11.6 Å².